The first-order valence-electron chi connectivity index (χ1n) is 12.1. The minimum Gasteiger partial charge on any atom is -0.460 e. The van der Waals surface area contributed by atoms with E-state index in [1.807, 2.05) is 0 Å². The molecule has 0 saturated carbocycles. The van der Waals surface area contributed by atoms with E-state index < -0.39 is 11.7 Å². The van der Waals surface area contributed by atoms with E-state index in [1.165, 1.54) is 6.08 Å². The van der Waals surface area contributed by atoms with Crippen LogP contribution in [0.5, 0.6) is 0 Å². The normalized spacial score (nSPS) is 15.8. The summed E-state index contributed by atoms with van der Waals surface area (Å²) in [5.74, 6) is -2.90. The van der Waals surface area contributed by atoms with E-state index in [0.717, 1.165) is 11.6 Å². The van der Waals surface area contributed by atoms with Gasteiger partial charge in [-0.25, -0.2) is 18.2 Å². The van der Waals surface area contributed by atoms with Gasteiger partial charge in [-0.1, -0.05) is 32.9 Å². The van der Waals surface area contributed by atoms with Gasteiger partial charge in [0.2, 0.25) is 5.91 Å². The van der Waals surface area contributed by atoms with Crippen LogP contribution in [0.15, 0.2) is 95.5 Å². The van der Waals surface area contributed by atoms with Crippen LogP contribution >= 0.6 is 0 Å². The molecule has 3 heterocycles. The number of alkyl halides is 2. The lowest BCUT2D eigenvalue weighted by Gasteiger charge is -2.34. The predicted molar refractivity (Wildman–Crippen MR) is 149 cm³/mol. The molecule has 1 amide bonds. The van der Waals surface area contributed by atoms with Crippen LogP contribution in [0.2, 0.25) is 0 Å². The fourth-order valence-electron chi connectivity index (χ4n) is 3.69. The second kappa shape index (κ2) is 12.3. The Bertz CT molecular complexity index is 1460. The molecule has 0 radical (unpaired) electrons. The number of furan rings is 1. The Kier molecular flexibility index (Phi) is 9.19. The number of allylic oxidation sites excluding steroid dienone is 4. The van der Waals surface area contributed by atoms with Crippen molar-refractivity contribution >= 4 is 30.5 Å². The molecule has 0 unspecified atom stereocenters. The molecule has 6 nitrogen and oxygen atoms in total. The van der Waals surface area contributed by atoms with Gasteiger partial charge in [-0.15, -0.1) is 0 Å². The van der Waals surface area contributed by atoms with Crippen molar-refractivity contribution in [2.45, 2.75) is 25.3 Å². The molecule has 2 aromatic heterocycles. The molecule has 2 aromatic rings. The van der Waals surface area contributed by atoms with Crippen LogP contribution in [0.1, 0.15) is 24.2 Å². The highest BCUT2D eigenvalue weighted by Gasteiger charge is 2.34. The molecule has 1 fully saturated rings. The molecular formula is C30H31F3N4O2. The van der Waals surface area contributed by atoms with Gasteiger partial charge in [-0.05, 0) is 53.1 Å². The zero-order chi connectivity index (χ0) is 28.7. The number of carbonyl (C=O) groups excluding carboxylic acids is 1. The van der Waals surface area contributed by atoms with E-state index in [0.29, 0.717) is 27.9 Å². The molecule has 0 atom stereocenters. The summed E-state index contributed by atoms with van der Waals surface area (Å²) in [6, 6.07) is 5.02. The summed E-state index contributed by atoms with van der Waals surface area (Å²) < 4.78 is 47.4. The third kappa shape index (κ3) is 8.23. The standard InChI is InChI=1S/C30H31F3N4O2/c1-19(21(3)27(31)15-20(2)22(4)37-12-10-30(32,33)11-13-37)14-25-16-26(39-23(25)5)18-36-29(38)9-7-24-6-8-28(34)35-17-24/h6-9,14-17H,1-5,10-13,18H2,(H2,34,35)(H,36,38)/b9-7+,25-14-,27-15+. The van der Waals surface area contributed by atoms with Gasteiger partial charge in [0.1, 0.15) is 22.8 Å². The van der Waals surface area contributed by atoms with Crippen LogP contribution in [0.25, 0.3) is 18.7 Å². The first-order valence-corrected chi connectivity index (χ1v) is 12.1. The first kappa shape index (κ1) is 29.0. The van der Waals surface area contributed by atoms with Crippen molar-refractivity contribution in [3.05, 3.63) is 113 Å². The van der Waals surface area contributed by atoms with Gasteiger partial charge in [0.15, 0.2) is 0 Å². The number of aromatic nitrogens is 1. The molecule has 1 saturated heterocycles. The SMILES string of the molecule is C=C(/C=c1/cc(CNC(=O)/C=C/c2ccc(N)nc2)oc1=C)C(=C)/C(F)=C\C(=C)C(=C)N1CCC(F)(F)CC1. The van der Waals surface area contributed by atoms with E-state index in [1.54, 1.807) is 41.4 Å². The van der Waals surface area contributed by atoms with Gasteiger partial charge in [-0.2, -0.15) is 0 Å². The van der Waals surface area contributed by atoms with Crippen LogP contribution in [-0.4, -0.2) is 34.8 Å². The van der Waals surface area contributed by atoms with E-state index >= 15 is 0 Å². The number of nitrogens with zero attached hydrogens (tertiary/aromatic N) is 2. The summed E-state index contributed by atoms with van der Waals surface area (Å²) in [4.78, 5) is 17.7. The summed E-state index contributed by atoms with van der Waals surface area (Å²) in [7, 11) is 0. The number of pyridine rings is 1. The van der Waals surface area contributed by atoms with Crippen LogP contribution in [0.4, 0.5) is 19.0 Å². The predicted octanol–water partition coefficient (Wildman–Crippen LogP) is 4.54. The largest absolute Gasteiger partial charge is 0.460 e. The third-order valence-corrected chi connectivity index (χ3v) is 6.12. The number of nitrogen functional groups attached to an aromatic ring is 1. The highest BCUT2D eigenvalue weighted by Crippen LogP contribution is 2.31. The minimum absolute atomic E-state index is 0.00637. The molecule has 3 rings (SSSR count). The van der Waals surface area contributed by atoms with Gasteiger partial charge in [0.05, 0.1) is 6.54 Å². The summed E-state index contributed by atoms with van der Waals surface area (Å²) in [5, 5.41) is 3.24. The highest BCUT2D eigenvalue weighted by molar-refractivity contribution is 5.91. The van der Waals surface area contributed by atoms with Gasteiger partial charge in [-0.3, -0.25) is 4.79 Å². The lowest BCUT2D eigenvalue weighted by Crippen LogP contribution is -2.38. The molecule has 204 valence electrons. The van der Waals surface area contributed by atoms with Gasteiger partial charge >= 0.3 is 0 Å². The molecular weight excluding hydrogens is 505 g/mol. The molecule has 39 heavy (non-hydrogen) atoms. The van der Waals surface area contributed by atoms with Gasteiger partial charge in [0, 0.05) is 54.7 Å². The number of amides is 1. The molecule has 1 aliphatic rings. The second-order valence-corrected chi connectivity index (χ2v) is 9.11. The van der Waals surface area contributed by atoms with Gasteiger partial charge in [0.25, 0.3) is 5.92 Å². The highest BCUT2D eigenvalue weighted by atomic mass is 19.3. The summed E-state index contributed by atoms with van der Waals surface area (Å²) >= 11 is 0. The molecule has 0 aromatic carbocycles. The molecule has 0 aliphatic carbocycles. The van der Waals surface area contributed by atoms with E-state index in [4.69, 9.17) is 10.2 Å². The van der Waals surface area contributed by atoms with Crippen molar-refractivity contribution in [3.8, 4) is 0 Å². The maximum absolute atomic E-state index is 14.9. The van der Waals surface area contributed by atoms with Crippen molar-refractivity contribution in [2.24, 2.45) is 0 Å². The summed E-state index contributed by atoms with van der Waals surface area (Å²) in [5.41, 5.74) is 7.48. The number of anilines is 1. The number of likely N-dealkylation sites (tertiary alicyclic amines) is 1. The number of piperidine rings is 1. The van der Waals surface area contributed by atoms with E-state index in [9.17, 15) is 18.0 Å². The summed E-state index contributed by atoms with van der Waals surface area (Å²) in [6.45, 7) is 19.5. The van der Waals surface area contributed by atoms with Crippen molar-refractivity contribution in [2.75, 3.05) is 18.8 Å². The van der Waals surface area contributed by atoms with E-state index in [2.05, 4.69) is 43.2 Å². The maximum Gasteiger partial charge on any atom is 0.251 e. The van der Waals surface area contributed by atoms with Crippen LogP contribution in [0, 0.1) is 0 Å². The number of hydrogen-bond acceptors (Lipinski definition) is 5. The Morgan fingerprint density at radius 3 is 2.51 bits per heavy atom. The van der Waals surface area contributed by atoms with Crippen molar-refractivity contribution in [1.29, 1.82) is 0 Å². The summed E-state index contributed by atoms with van der Waals surface area (Å²) in [6.07, 6.45) is 6.65. The number of rotatable bonds is 10. The third-order valence-electron chi connectivity index (χ3n) is 6.12. The zero-order valence-corrected chi connectivity index (χ0v) is 21.6. The fourth-order valence-corrected chi connectivity index (χ4v) is 3.69. The molecule has 9 heteroatoms. The topological polar surface area (TPSA) is 84.4 Å². The minimum atomic E-state index is -2.69. The second-order valence-electron chi connectivity index (χ2n) is 9.11. The Morgan fingerprint density at radius 1 is 1.18 bits per heavy atom. The average Bonchev–Trinajstić information content (AvgIpc) is 3.24. The zero-order valence-electron chi connectivity index (χ0n) is 21.6. The smallest absolute Gasteiger partial charge is 0.251 e. The number of carbonyl (C=O) groups is 1. The van der Waals surface area contributed by atoms with Crippen LogP contribution in [-0.2, 0) is 11.3 Å². The fraction of sp³-hybridized carbons (Fsp3) is 0.200. The molecule has 3 N–H and O–H groups in total. The number of nitrogens with one attached hydrogen (secondary N) is 1. The van der Waals surface area contributed by atoms with Crippen molar-refractivity contribution in [3.63, 3.8) is 0 Å². The molecule has 0 spiro atoms. The average molecular weight is 537 g/mol. The van der Waals surface area contributed by atoms with E-state index in [-0.39, 0.29) is 55.1 Å². The Hall–Kier alpha value is -4.53. The Balaban J connectivity index is 1.59. The molecule has 0 bridgehead atoms. The first-order chi connectivity index (χ1) is 18.3. The monoisotopic (exact) mass is 536 g/mol. The molecule has 1 aliphatic heterocycles. The number of halogens is 3. The van der Waals surface area contributed by atoms with Crippen LogP contribution < -0.4 is 21.7 Å². The number of nitrogens with two attached hydrogens (primary N) is 1. The maximum atomic E-state index is 14.9. The van der Waals surface area contributed by atoms with Gasteiger partial charge < -0.3 is 20.4 Å². The van der Waals surface area contributed by atoms with Crippen molar-refractivity contribution < 1.29 is 22.4 Å². The lowest BCUT2D eigenvalue weighted by molar-refractivity contribution is -0.116. The van der Waals surface area contributed by atoms with Crippen molar-refractivity contribution in [1.82, 2.24) is 15.2 Å². The lowest BCUT2D eigenvalue weighted by atomic mass is 10.0. The van der Waals surface area contributed by atoms with Crippen LogP contribution in [0.3, 0.4) is 0 Å². The quantitative estimate of drug-likeness (QED) is 0.344. The Labute approximate surface area is 225 Å². The number of hydrogen-bond donors (Lipinski definition) is 2. The Morgan fingerprint density at radius 2 is 1.87 bits per heavy atom.